The number of hydrogen-bond donors (Lipinski definition) is 1. The molecule has 5 rings (SSSR count). The van der Waals surface area contributed by atoms with Gasteiger partial charge in [-0.3, -0.25) is 14.4 Å². The van der Waals surface area contributed by atoms with Crippen LogP contribution in [0.5, 0.6) is 11.5 Å². The second kappa shape index (κ2) is 18.2. The monoisotopic (exact) mass is 789 g/mol. The molecule has 0 unspecified atom stereocenters. The molecule has 3 saturated heterocycles. The van der Waals surface area contributed by atoms with E-state index in [1.54, 1.807) is 65.8 Å². The van der Waals surface area contributed by atoms with Gasteiger partial charge in [0.05, 0.1) is 43.2 Å². The van der Waals surface area contributed by atoms with Gasteiger partial charge in [0.2, 0.25) is 6.79 Å². The zero-order chi connectivity index (χ0) is 41.1. The minimum Gasteiger partial charge on any atom is -0.461 e. The van der Waals surface area contributed by atoms with Crippen LogP contribution in [-0.4, -0.2) is 122 Å². The van der Waals surface area contributed by atoms with Crippen molar-refractivity contribution in [2.24, 2.45) is 23.7 Å². The number of ether oxygens (including phenoxy) is 9. The lowest BCUT2D eigenvalue weighted by Gasteiger charge is -2.45. The van der Waals surface area contributed by atoms with Gasteiger partial charge in [-0.25, -0.2) is 4.79 Å². The maximum Gasteiger partial charge on any atom is 0.509 e. The molecule has 56 heavy (non-hydrogen) atoms. The largest absolute Gasteiger partial charge is 0.509 e. The van der Waals surface area contributed by atoms with Crippen LogP contribution in [0.2, 0.25) is 0 Å². The third-order valence-corrected chi connectivity index (χ3v) is 11.7. The first-order valence-electron chi connectivity index (χ1n) is 19.6. The number of nitrogens with zero attached hydrogens (tertiary/aromatic N) is 1. The molecule has 4 heterocycles. The second-order valence-corrected chi connectivity index (χ2v) is 16.0. The van der Waals surface area contributed by atoms with Crippen molar-refractivity contribution in [2.45, 2.75) is 135 Å². The lowest BCUT2D eigenvalue weighted by Crippen LogP contribution is -2.58. The Labute approximate surface area is 329 Å². The lowest BCUT2D eigenvalue weighted by molar-refractivity contribution is -0.290. The molecule has 4 aliphatic rings. The van der Waals surface area contributed by atoms with Crippen LogP contribution in [0.25, 0.3) is 0 Å². The molecule has 3 fully saturated rings. The summed E-state index contributed by atoms with van der Waals surface area (Å²) >= 11 is 0. The lowest BCUT2D eigenvalue weighted by atomic mass is 9.77. The Hall–Kier alpha value is -3.76. The molecule has 312 valence electrons. The van der Waals surface area contributed by atoms with Crippen LogP contribution in [0.4, 0.5) is 4.79 Å². The Morgan fingerprint density at radius 3 is 2.41 bits per heavy atom. The van der Waals surface area contributed by atoms with Crippen LogP contribution in [0.15, 0.2) is 30.9 Å². The van der Waals surface area contributed by atoms with Crippen LogP contribution in [0.1, 0.15) is 73.3 Å². The van der Waals surface area contributed by atoms with Crippen molar-refractivity contribution in [3.63, 3.8) is 0 Å². The number of hydrogen-bond acceptors (Lipinski definition) is 15. The van der Waals surface area contributed by atoms with Crippen LogP contribution < -0.4 is 9.47 Å². The summed E-state index contributed by atoms with van der Waals surface area (Å²) in [6.45, 7) is 16.0. The number of ketones is 1. The van der Waals surface area contributed by atoms with Gasteiger partial charge in [0.25, 0.3) is 0 Å². The molecule has 15 nitrogen and oxygen atoms in total. The van der Waals surface area contributed by atoms with Gasteiger partial charge in [-0.15, -0.1) is 6.58 Å². The molecule has 0 amide bonds. The fourth-order valence-corrected chi connectivity index (χ4v) is 8.49. The van der Waals surface area contributed by atoms with Crippen LogP contribution in [0.3, 0.4) is 0 Å². The van der Waals surface area contributed by atoms with Gasteiger partial charge >= 0.3 is 18.1 Å². The fourth-order valence-electron chi connectivity index (χ4n) is 8.49. The summed E-state index contributed by atoms with van der Waals surface area (Å²) in [4.78, 5) is 57.0. The zero-order valence-electron chi connectivity index (χ0n) is 34.0. The van der Waals surface area contributed by atoms with E-state index in [-0.39, 0.29) is 50.6 Å². The first-order chi connectivity index (χ1) is 26.5. The number of esters is 2. The van der Waals surface area contributed by atoms with E-state index >= 15 is 0 Å². The maximum atomic E-state index is 14.3. The molecule has 0 aliphatic carbocycles. The maximum absolute atomic E-state index is 14.3. The Balaban J connectivity index is 1.58. The van der Waals surface area contributed by atoms with Crippen molar-refractivity contribution in [1.82, 2.24) is 4.90 Å². The molecule has 14 atom stereocenters. The minimum absolute atomic E-state index is 0.0645. The number of cyclic esters (lactones) is 1. The third-order valence-electron chi connectivity index (χ3n) is 11.7. The molecule has 1 N–H and O–H groups in total. The normalized spacial score (nSPS) is 37.8. The van der Waals surface area contributed by atoms with Crippen molar-refractivity contribution >= 4 is 23.9 Å². The predicted molar refractivity (Wildman–Crippen MR) is 200 cm³/mol. The van der Waals surface area contributed by atoms with Crippen LogP contribution >= 0.6 is 0 Å². The van der Waals surface area contributed by atoms with Crippen molar-refractivity contribution in [1.29, 1.82) is 0 Å². The number of aliphatic hydroxyl groups excluding tert-OH is 1. The van der Waals surface area contributed by atoms with E-state index in [1.165, 1.54) is 0 Å². The smallest absolute Gasteiger partial charge is 0.461 e. The summed E-state index contributed by atoms with van der Waals surface area (Å²) in [6, 6.07) is 4.82. The number of aliphatic hydroxyl groups is 1. The average Bonchev–Trinajstić information content (AvgIpc) is 3.75. The van der Waals surface area contributed by atoms with Crippen LogP contribution in [-0.2, 0) is 54.0 Å². The number of carbonyl (C=O) groups excluding carboxylic acids is 4. The number of benzene rings is 1. The third kappa shape index (κ3) is 9.33. The highest BCUT2D eigenvalue weighted by Crippen LogP contribution is 2.41. The highest BCUT2D eigenvalue weighted by molar-refractivity contribution is 5.84. The summed E-state index contributed by atoms with van der Waals surface area (Å²) in [5.41, 5.74) is -0.907. The van der Waals surface area contributed by atoms with E-state index in [0.29, 0.717) is 23.5 Å². The predicted octanol–water partition coefficient (Wildman–Crippen LogP) is 4.39. The van der Waals surface area contributed by atoms with Crippen molar-refractivity contribution in [3.05, 3.63) is 36.4 Å². The van der Waals surface area contributed by atoms with E-state index in [2.05, 4.69) is 6.58 Å². The quantitative estimate of drug-likeness (QED) is 0.201. The summed E-state index contributed by atoms with van der Waals surface area (Å²) in [5.74, 6) is -4.03. The van der Waals surface area contributed by atoms with Gasteiger partial charge in [0.1, 0.15) is 24.1 Å². The van der Waals surface area contributed by atoms with Gasteiger partial charge < -0.3 is 52.6 Å². The van der Waals surface area contributed by atoms with Crippen molar-refractivity contribution in [3.8, 4) is 11.5 Å². The molecule has 0 radical (unpaired) electrons. The van der Waals surface area contributed by atoms with Gasteiger partial charge in [0, 0.05) is 17.9 Å². The zero-order valence-corrected chi connectivity index (χ0v) is 34.0. The van der Waals surface area contributed by atoms with E-state index in [4.69, 9.17) is 42.6 Å². The second-order valence-electron chi connectivity index (χ2n) is 16.0. The first kappa shape index (κ1) is 43.4. The first-order valence-corrected chi connectivity index (χ1v) is 19.6. The van der Waals surface area contributed by atoms with E-state index in [0.717, 1.165) is 0 Å². The molecule has 0 saturated carbocycles. The van der Waals surface area contributed by atoms with E-state index in [9.17, 15) is 24.3 Å². The molecule has 0 aromatic heterocycles. The number of likely N-dealkylation sites (N-methyl/N-ethyl adjacent to an activating group) is 1. The molecule has 1 aromatic rings. The summed E-state index contributed by atoms with van der Waals surface area (Å²) in [7, 11) is 3.73. The van der Waals surface area contributed by atoms with Gasteiger partial charge in [-0.1, -0.05) is 39.8 Å². The fraction of sp³-hybridized carbons (Fsp3) is 0.707. The highest BCUT2D eigenvalue weighted by Gasteiger charge is 2.58. The van der Waals surface area contributed by atoms with Crippen molar-refractivity contribution in [2.75, 3.05) is 27.5 Å². The number of carbonyl (C=O) groups is 4. The van der Waals surface area contributed by atoms with E-state index in [1.807, 2.05) is 25.9 Å². The van der Waals surface area contributed by atoms with Crippen LogP contribution in [0, 0.1) is 23.7 Å². The molecular formula is C41H59NO14. The average molecular weight is 790 g/mol. The molecule has 0 spiro atoms. The van der Waals surface area contributed by atoms with Crippen molar-refractivity contribution < 1.29 is 66.9 Å². The molecule has 15 heteroatoms. The number of Topliss-reactive ketones (excluding diaryl/α,β-unsaturated/α-hetero) is 1. The molecule has 4 aliphatic heterocycles. The standard InChI is InChI=1S/C41H59NO14/c1-11-15-48-30-16-21(3)33(44)23(5)37-41(8,56-40(47)55-37)31(12-2)52-38(46)25(7)35(53-32(43)19-26-13-14-28-29(18-26)50-20-49-28)24(6)36(30)54-39-34(45)27(42(9)10)17-22(4)51-39/h11,13-14,18,21-25,27,30-31,34-37,39,45H,1,12,15-17,19-20H2,2-10H3/t21-,22-,23+,24+,25-,27+,30-,31-,34-,35+,36-,37-,39+,41-/m1/s1. The SMILES string of the molecule is C=CCO[C@@H]1C[C@@H](C)C(=O)[C@H](C)[C@H]2OC(=O)O[C@]2(C)[C@@H](CC)OC(=O)[C@H](C)[C@@H](OC(=O)Cc2ccc3c(c2)OCO3)[C@H](C)[C@H]1O[C@@H]1O[C@H](C)C[C@H](N(C)C)[C@H]1O. The van der Waals surface area contributed by atoms with E-state index < -0.39 is 90.3 Å². The molecule has 1 aromatic carbocycles. The minimum atomic E-state index is -1.50. The Bertz CT molecular complexity index is 1580. The Morgan fingerprint density at radius 2 is 1.73 bits per heavy atom. The Morgan fingerprint density at radius 1 is 1.02 bits per heavy atom. The number of rotatable bonds is 10. The topological polar surface area (TPSA) is 175 Å². The summed E-state index contributed by atoms with van der Waals surface area (Å²) in [5, 5.41) is 11.6. The van der Waals surface area contributed by atoms with Gasteiger partial charge in [-0.05, 0) is 71.8 Å². The summed E-state index contributed by atoms with van der Waals surface area (Å²) < 4.78 is 54.0. The highest BCUT2D eigenvalue weighted by atomic mass is 16.8. The molecule has 0 bridgehead atoms. The molecular weight excluding hydrogens is 730 g/mol. The van der Waals surface area contributed by atoms with Gasteiger partial charge in [0.15, 0.2) is 29.5 Å². The summed E-state index contributed by atoms with van der Waals surface area (Å²) in [6.07, 6.45) is -6.42. The Kier molecular flexibility index (Phi) is 14.1. The van der Waals surface area contributed by atoms with Gasteiger partial charge in [-0.2, -0.15) is 0 Å². The number of fused-ring (bicyclic) bond motifs is 2.